The molecule has 2 aromatic heterocycles. The summed E-state index contributed by atoms with van der Waals surface area (Å²) < 4.78 is 33.2. The number of hydrogen-bond donors (Lipinski definition) is 2. The number of aromatic nitrogens is 4. The Kier molecular flexibility index (Phi) is 11.2. The molecule has 1 aliphatic rings. The fourth-order valence-electron chi connectivity index (χ4n) is 5.09. The number of carbonyl (C=O) groups is 1. The summed E-state index contributed by atoms with van der Waals surface area (Å²) in [6.45, 7) is 16.1. The number of ether oxygens (including phenoxy) is 2. The van der Waals surface area contributed by atoms with Crippen molar-refractivity contribution in [3.05, 3.63) is 66.9 Å². The highest BCUT2D eigenvalue weighted by Crippen LogP contribution is 2.36. The van der Waals surface area contributed by atoms with Gasteiger partial charge in [0.15, 0.2) is 8.32 Å². The number of carbonyl (C=O) groups excluding carboxylic acids is 1. The standard InChI is InChI=1S/C34H46FN7O4Si/c1-34(2,3)47(4,5)46-17-14-41(29-12-16-44-24-29)13-7-15-45-30-11-10-25-20-36-33(40-31(25)19-30)39-28-21-37-42(22-28)23-32(43)38-27-9-6-8-26(35)18-27/h6,8-11,18-22,29H,7,12-17,23-24H2,1-5H3,(H,38,43)(H,36,39,40). The SMILES string of the molecule is CC(C)(C)[Si](C)(C)OCCN(CCCOc1ccc2cnc(Nc3cnn(CC(=O)Nc4cccc(F)c4)c3)nc2c1)C1CCOC1. The van der Waals surface area contributed by atoms with Crippen LogP contribution >= 0.6 is 0 Å². The molecule has 11 nitrogen and oxygen atoms in total. The molecule has 1 unspecified atom stereocenters. The van der Waals surface area contributed by atoms with Gasteiger partial charge in [-0.05, 0) is 61.3 Å². The molecule has 1 amide bonds. The summed E-state index contributed by atoms with van der Waals surface area (Å²) >= 11 is 0. The molecule has 1 aliphatic heterocycles. The van der Waals surface area contributed by atoms with Crippen LogP contribution in [0.15, 0.2) is 61.1 Å². The molecular formula is C34H46FN7O4Si. The number of benzene rings is 2. The number of nitrogens with one attached hydrogen (secondary N) is 2. The third-order valence-electron chi connectivity index (χ3n) is 8.79. The third kappa shape index (κ3) is 9.80. The van der Waals surface area contributed by atoms with E-state index in [-0.39, 0.29) is 17.5 Å². The maximum atomic E-state index is 13.4. The lowest BCUT2D eigenvalue weighted by molar-refractivity contribution is -0.116. The van der Waals surface area contributed by atoms with Crippen molar-refractivity contribution in [1.82, 2.24) is 24.6 Å². The molecule has 13 heteroatoms. The van der Waals surface area contributed by atoms with Crippen LogP contribution in [0, 0.1) is 5.82 Å². The Morgan fingerprint density at radius 2 is 1.98 bits per heavy atom. The average molecular weight is 664 g/mol. The van der Waals surface area contributed by atoms with Gasteiger partial charge in [-0.25, -0.2) is 14.4 Å². The Morgan fingerprint density at radius 1 is 1.13 bits per heavy atom. The van der Waals surface area contributed by atoms with Crippen molar-refractivity contribution < 1.29 is 23.1 Å². The summed E-state index contributed by atoms with van der Waals surface area (Å²) in [7, 11) is -1.79. The Bertz CT molecular complexity index is 1640. The first-order chi connectivity index (χ1) is 22.4. The Morgan fingerprint density at radius 3 is 2.74 bits per heavy atom. The quantitative estimate of drug-likeness (QED) is 0.113. The monoisotopic (exact) mass is 663 g/mol. The van der Waals surface area contributed by atoms with Gasteiger partial charge in [0, 0.05) is 61.9 Å². The summed E-state index contributed by atoms with van der Waals surface area (Å²) in [4.78, 5) is 23.9. The lowest BCUT2D eigenvalue weighted by Gasteiger charge is -2.37. The van der Waals surface area contributed by atoms with Gasteiger partial charge in [-0.3, -0.25) is 14.4 Å². The van der Waals surface area contributed by atoms with Gasteiger partial charge in [-0.2, -0.15) is 5.10 Å². The van der Waals surface area contributed by atoms with Crippen LogP contribution in [0.4, 0.5) is 21.7 Å². The van der Waals surface area contributed by atoms with Crippen LogP contribution in [0.2, 0.25) is 18.1 Å². The Balaban J connectivity index is 1.11. The van der Waals surface area contributed by atoms with Gasteiger partial charge in [-0.1, -0.05) is 26.8 Å². The number of amides is 1. The maximum Gasteiger partial charge on any atom is 0.246 e. The van der Waals surface area contributed by atoms with E-state index >= 15 is 0 Å². The molecule has 0 radical (unpaired) electrons. The van der Waals surface area contributed by atoms with Gasteiger partial charge in [0.2, 0.25) is 11.9 Å². The molecule has 0 saturated carbocycles. The van der Waals surface area contributed by atoms with E-state index in [1.54, 1.807) is 24.7 Å². The van der Waals surface area contributed by atoms with Crippen molar-refractivity contribution in [2.24, 2.45) is 0 Å². The smallest absolute Gasteiger partial charge is 0.246 e. The molecule has 252 valence electrons. The molecule has 4 aromatic rings. The molecule has 5 rings (SSSR count). The predicted molar refractivity (Wildman–Crippen MR) is 184 cm³/mol. The third-order valence-corrected chi connectivity index (χ3v) is 13.3. The lowest BCUT2D eigenvalue weighted by atomic mass is 10.2. The van der Waals surface area contributed by atoms with Crippen LogP contribution in [-0.2, 0) is 20.5 Å². The summed E-state index contributed by atoms with van der Waals surface area (Å²) in [5.41, 5.74) is 1.76. The highest BCUT2D eigenvalue weighted by Gasteiger charge is 2.37. The molecular weight excluding hydrogens is 618 g/mol. The van der Waals surface area contributed by atoms with Crippen molar-refractivity contribution in [1.29, 1.82) is 0 Å². The summed E-state index contributed by atoms with van der Waals surface area (Å²) in [6, 6.07) is 12.0. The summed E-state index contributed by atoms with van der Waals surface area (Å²) in [6.07, 6.45) is 6.95. The van der Waals surface area contributed by atoms with Gasteiger partial charge in [-0.15, -0.1) is 0 Å². The molecule has 1 atom stereocenters. The molecule has 2 N–H and O–H groups in total. The van der Waals surface area contributed by atoms with Gasteiger partial charge < -0.3 is 24.5 Å². The lowest BCUT2D eigenvalue weighted by Crippen LogP contribution is -2.45. The highest BCUT2D eigenvalue weighted by molar-refractivity contribution is 6.74. The first kappa shape index (κ1) is 34.4. The molecule has 3 heterocycles. The number of hydrogen-bond acceptors (Lipinski definition) is 9. The number of anilines is 3. The van der Waals surface area contributed by atoms with Crippen LogP contribution in [0.25, 0.3) is 10.9 Å². The van der Waals surface area contributed by atoms with E-state index in [0.29, 0.717) is 30.0 Å². The van der Waals surface area contributed by atoms with Crippen LogP contribution in [0.5, 0.6) is 5.75 Å². The molecule has 1 fully saturated rings. The zero-order valence-electron chi connectivity index (χ0n) is 28.0. The Hall–Kier alpha value is -3.91. The maximum absolute atomic E-state index is 13.4. The average Bonchev–Trinajstić information content (AvgIpc) is 3.70. The van der Waals surface area contributed by atoms with E-state index in [4.69, 9.17) is 13.9 Å². The fraction of sp³-hybridized carbons (Fsp3) is 0.471. The molecule has 1 saturated heterocycles. The highest BCUT2D eigenvalue weighted by atomic mass is 28.4. The van der Waals surface area contributed by atoms with Crippen molar-refractivity contribution >= 4 is 42.5 Å². The van der Waals surface area contributed by atoms with Gasteiger partial charge >= 0.3 is 0 Å². The first-order valence-electron chi connectivity index (χ1n) is 16.2. The zero-order valence-corrected chi connectivity index (χ0v) is 29.0. The van der Waals surface area contributed by atoms with E-state index in [0.717, 1.165) is 62.4 Å². The second-order valence-electron chi connectivity index (χ2n) is 13.4. The minimum absolute atomic E-state index is 0.0334. The topological polar surface area (TPSA) is 116 Å². The van der Waals surface area contributed by atoms with E-state index < -0.39 is 14.1 Å². The van der Waals surface area contributed by atoms with Crippen LogP contribution in [-0.4, -0.2) is 84.4 Å². The number of rotatable bonds is 15. The van der Waals surface area contributed by atoms with E-state index in [1.165, 1.54) is 22.9 Å². The molecule has 2 aromatic carbocycles. The van der Waals surface area contributed by atoms with Gasteiger partial charge in [0.1, 0.15) is 18.1 Å². The number of halogens is 1. The van der Waals surface area contributed by atoms with E-state index in [2.05, 4.69) is 64.5 Å². The van der Waals surface area contributed by atoms with Crippen LogP contribution < -0.4 is 15.4 Å². The zero-order chi connectivity index (χ0) is 33.4. The fourth-order valence-corrected chi connectivity index (χ4v) is 6.12. The van der Waals surface area contributed by atoms with Gasteiger partial charge in [0.05, 0.1) is 30.6 Å². The van der Waals surface area contributed by atoms with Crippen molar-refractivity contribution in [2.75, 3.05) is 50.2 Å². The number of fused-ring (bicyclic) bond motifs is 1. The van der Waals surface area contributed by atoms with Crippen LogP contribution in [0.1, 0.15) is 33.6 Å². The van der Waals surface area contributed by atoms with Crippen LogP contribution in [0.3, 0.4) is 0 Å². The normalized spacial score (nSPS) is 15.3. The first-order valence-corrected chi connectivity index (χ1v) is 19.1. The van der Waals surface area contributed by atoms with Crippen molar-refractivity contribution in [2.45, 2.75) is 64.3 Å². The summed E-state index contributed by atoms with van der Waals surface area (Å²) in [5.74, 6) is 0.401. The van der Waals surface area contributed by atoms with Crippen molar-refractivity contribution in [3.63, 3.8) is 0 Å². The summed E-state index contributed by atoms with van der Waals surface area (Å²) in [5, 5.41) is 11.1. The minimum Gasteiger partial charge on any atom is -0.493 e. The molecule has 47 heavy (non-hydrogen) atoms. The molecule has 0 bridgehead atoms. The molecule has 0 spiro atoms. The molecule has 0 aliphatic carbocycles. The predicted octanol–water partition coefficient (Wildman–Crippen LogP) is 6.23. The van der Waals surface area contributed by atoms with Crippen molar-refractivity contribution in [3.8, 4) is 5.75 Å². The second kappa shape index (κ2) is 15.3. The van der Waals surface area contributed by atoms with E-state index in [1.807, 2.05) is 18.2 Å². The second-order valence-corrected chi connectivity index (χ2v) is 18.2. The van der Waals surface area contributed by atoms with E-state index in [9.17, 15) is 9.18 Å². The largest absolute Gasteiger partial charge is 0.493 e. The Labute approximate surface area is 277 Å². The minimum atomic E-state index is -1.79. The van der Waals surface area contributed by atoms with Gasteiger partial charge in [0.25, 0.3) is 0 Å². The number of nitrogens with zero attached hydrogens (tertiary/aromatic N) is 5.